The molecular weight excluding hydrogens is 292 g/mol. The first-order valence-corrected chi connectivity index (χ1v) is 7.78. The Kier molecular flexibility index (Phi) is 3.59. The number of imidazole rings is 1. The van der Waals surface area contributed by atoms with Gasteiger partial charge in [-0.2, -0.15) is 0 Å². The molecule has 0 spiro atoms. The SMILES string of the molecule is NCCCCn1c(-c2ccccn2)nc2cc3c(cc21)OCO3. The molecule has 23 heavy (non-hydrogen) atoms. The lowest BCUT2D eigenvalue weighted by Crippen LogP contribution is -2.05. The second-order valence-electron chi connectivity index (χ2n) is 5.49. The van der Waals surface area contributed by atoms with Gasteiger partial charge in [0.1, 0.15) is 5.69 Å². The van der Waals surface area contributed by atoms with Gasteiger partial charge < -0.3 is 19.8 Å². The number of aromatic nitrogens is 3. The molecule has 1 aliphatic rings. The van der Waals surface area contributed by atoms with E-state index in [-0.39, 0.29) is 6.79 Å². The number of hydrogen-bond donors (Lipinski definition) is 1. The van der Waals surface area contributed by atoms with Crippen molar-refractivity contribution >= 4 is 11.0 Å². The first-order valence-electron chi connectivity index (χ1n) is 7.78. The van der Waals surface area contributed by atoms with Crippen molar-refractivity contribution in [1.82, 2.24) is 14.5 Å². The Morgan fingerprint density at radius 2 is 2.00 bits per heavy atom. The number of aryl methyl sites for hydroxylation is 1. The van der Waals surface area contributed by atoms with Gasteiger partial charge in [-0.25, -0.2) is 4.98 Å². The van der Waals surface area contributed by atoms with Gasteiger partial charge in [0.2, 0.25) is 6.79 Å². The van der Waals surface area contributed by atoms with Gasteiger partial charge in [0.25, 0.3) is 0 Å². The summed E-state index contributed by atoms with van der Waals surface area (Å²) in [6, 6.07) is 9.78. The van der Waals surface area contributed by atoms with E-state index >= 15 is 0 Å². The minimum Gasteiger partial charge on any atom is -0.454 e. The van der Waals surface area contributed by atoms with E-state index in [2.05, 4.69) is 9.55 Å². The third-order valence-electron chi connectivity index (χ3n) is 3.97. The number of rotatable bonds is 5. The van der Waals surface area contributed by atoms with Gasteiger partial charge in [-0.3, -0.25) is 4.98 Å². The molecular formula is C17H18N4O2. The summed E-state index contributed by atoms with van der Waals surface area (Å²) in [6.45, 7) is 1.80. The highest BCUT2D eigenvalue weighted by molar-refractivity contribution is 5.84. The van der Waals surface area contributed by atoms with Crippen LogP contribution in [0.3, 0.4) is 0 Å². The Morgan fingerprint density at radius 1 is 1.13 bits per heavy atom. The Hall–Kier alpha value is -2.60. The molecule has 0 saturated heterocycles. The molecule has 6 heteroatoms. The Bertz CT molecular complexity index is 829. The predicted octanol–water partition coefficient (Wildman–Crippen LogP) is 2.57. The van der Waals surface area contributed by atoms with Gasteiger partial charge in [0, 0.05) is 24.9 Å². The molecule has 1 aromatic carbocycles. The zero-order valence-electron chi connectivity index (χ0n) is 12.7. The van der Waals surface area contributed by atoms with E-state index in [0.717, 1.165) is 53.4 Å². The van der Waals surface area contributed by atoms with Gasteiger partial charge in [-0.15, -0.1) is 0 Å². The number of nitrogens with two attached hydrogens (primary N) is 1. The highest BCUT2D eigenvalue weighted by Crippen LogP contribution is 2.37. The van der Waals surface area contributed by atoms with E-state index in [4.69, 9.17) is 20.2 Å². The van der Waals surface area contributed by atoms with Crippen LogP contribution in [-0.2, 0) is 6.54 Å². The summed E-state index contributed by atoms with van der Waals surface area (Å²) >= 11 is 0. The van der Waals surface area contributed by atoms with Gasteiger partial charge in [0.15, 0.2) is 17.3 Å². The van der Waals surface area contributed by atoms with Gasteiger partial charge >= 0.3 is 0 Å². The molecule has 0 radical (unpaired) electrons. The summed E-state index contributed by atoms with van der Waals surface area (Å²) in [6.07, 6.45) is 3.76. The predicted molar refractivity (Wildman–Crippen MR) is 87.4 cm³/mol. The van der Waals surface area contributed by atoms with Crippen molar-refractivity contribution in [3.63, 3.8) is 0 Å². The fourth-order valence-electron chi connectivity index (χ4n) is 2.85. The van der Waals surface area contributed by atoms with Crippen molar-refractivity contribution in [2.24, 2.45) is 5.73 Å². The summed E-state index contributed by atoms with van der Waals surface area (Å²) < 4.78 is 13.1. The lowest BCUT2D eigenvalue weighted by Gasteiger charge is -2.08. The van der Waals surface area contributed by atoms with Crippen LogP contribution in [0, 0.1) is 0 Å². The normalized spacial score (nSPS) is 12.9. The van der Waals surface area contributed by atoms with Crippen LogP contribution in [0.15, 0.2) is 36.5 Å². The molecule has 0 amide bonds. The van der Waals surface area contributed by atoms with Crippen LogP contribution in [0.2, 0.25) is 0 Å². The van der Waals surface area contributed by atoms with E-state index < -0.39 is 0 Å². The number of benzene rings is 1. The Labute approximate surface area is 133 Å². The Balaban J connectivity index is 1.85. The molecule has 0 atom stereocenters. The highest BCUT2D eigenvalue weighted by atomic mass is 16.7. The summed E-state index contributed by atoms with van der Waals surface area (Å²) in [5, 5.41) is 0. The van der Waals surface area contributed by atoms with Crippen molar-refractivity contribution in [2.75, 3.05) is 13.3 Å². The smallest absolute Gasteiger partial charge is 0.231 e. The van der Waals surface area contributed by atoms with E-state index in [0.29, 0.717) is 6.54 Å². The van der Waals surface area contributed by atoms with Crippen molar-refractivity contribution in [2.45, 2.75) is 19.4 Å². The fraction of sp³-hybridized carbons (Fsp3) is 0.294. The van der Waals surface area contributed by atoms with Crippen molar-refractivity contribution in [3.05, 3.63) is 36.5 Å². The maximum Gasteiger partial charge on any atom is 0.231 e. The maximum atomic E-state index is 5.63. The van der Waals surface area contributed by atoms with Gasteiger partial charge in [0.05, 0.1) is 11.0 Å². The van der Waals surface area contributed by atoms with Crippen LogP contribution in [0.4, 0.5) is 0 Å². The van der Waals surface area contributed by atoms with E-state index in [9.17, 15) is 0 Å². The summed E-state index contributed by atoms with van der Waals surface area (Å²) in [4.78, 5) is 9.21. The molecule has 0 bridgehead atoms. The molecule has 2 N–H and O–H groups in total. The molecule has 0 fully saturated rings. The zero-order valence-corrected chi connectivity index (χ0v) is 12.7. The highest BCUT2D eigenvalue weighted by Gasteiger charge is 2.20. The van der Waals surface area contributed by atoms with Crippen molar-refractivity contribution in [1.29, 1.82) is 0 Å². The van der Waals surface area contributed by atoms with Crippen molar-refractivity contribution in [3.8, 4) is 23.0 Å². The van der Waals surface area contributed by atoms with E-state index in [1.165, 1.54) is 0 Å². The van der Waals surface area contributed by atoms with Crippen LogP contribution in [0.5, 0.6) is 11.5 Å². The van der Waals surface area contributed by atoms with E-state index in [1.54, 1.807) is 6.20 Å². The molecule has 2 aromatic heterocycles. The van der Waals surface area contributed by atoms with Crippen molar-refractivity contribution < 1.29 is 9.47 Å². The number of nitrogens with zero attached hydrogens (tertiary/aromatic N) is 3. The third kappa shape index (κ3) is 2.51. The number of unbranched alkanes of at least 4 members (excludes halogenated alkanes) is 1. The van der Waals surface area contributed by atoms with E-state index in [1.807, 2.05) is 30.3 Å². The number of pyridine rings is 1. The molecule has 3 aromatic rings. The first-order chi connectivity index (χ1) is 11.4. The quantitative estimate of drug-likeness (QED) is 0.733. The monoisotopic (exact) mass is 310 g/mol. The lowest BCUT2D eigenvalue weighted by atomic mass is 10.2. The molecule has 3 heterocycles. The second-order valence-corrected chi connectivity index (χ2v) is 5.49. The molecule has 6 nitrogen and oxygen atoms in total. The number of fused-ring (bicyclic) bond motifs is 2. The average molecular weight is 310 g/mol. The van der Waals surface area contributed by atoms with Crippen LogP contribution < -0.4 is 15.2 Å². The Morgan fingerprint density at radius 3 is 2.78 bits per heavy atom. The largest absolute Gasteiger partial charge is 0.454 e. The molecule has 1 aliphatic heterocycles. The molecule has 0 unspecified atom stereocenters. The molecule has 118 valence electrons. The number of ether oxygens (including phenoxy) is 2. The topological polar surface area (TPSA) is 75.2 Å². The minimum atomic E-state index is 0.266. The standard InChI is InChI=1S/C17H18N4O2/c18-6-2-4-8-21-14-10-16-15(22-11-23-16)9-13(14)20-17(21)12-5-1-3-7-19-12/h1,3,5,7,9-10H,2,4,6,8,11,18H2. The summed E-state index contributed by atoms with van der Waals surface area (Å²) in [5.41, 5.74) is 8.42. The van der Waals surface area contributed by atoms with Crippen LogP contribution in [0.25, 0.3) is 22.6 Å². The third-order valence-corrected chi connectivity index (χ3v) is 3.97. The minimum absolute atomic E-state index is 0.266. The van der Waals surface area contributed by atoms with Crippen LogP contribution >= 0.6 is 0 Å². The second kappa shape index (κ2) is 5.89. The maximum absolute atomic E-state index is 5.63. The summed E-state index contributed by atoms with van der Waals surface area (Å²) in [7, 11) is 0. The average Bonchev–Trinajstić information content (AvgIpc) is 3.18. The lowest BCUT2D eigenvalue weighted by molar-refractivity contribution is 0.174. The van der Waals surface area contributed by atoms with Crippen LogP contribution in [0.1, 0.15) is 12.8 Å². The van der Waals surface area contributed by atoms with Crippen LogP contribution in [-0.4, -0.2) is 27.9 Å². The van der Waals surface area contributed by atoms with Gasteiger partial charge in [-0.1, -0.05) is 6.07 Å². The fourth-order valence-corrected chi connectivity index (χ4v) is 2.85. The first kappa shape index (κ1) is 14.0. The van der Waals surface area contributed by atoms with Gasteiger partial charge in [-0.05, 0) is 31.5 Å². The zero-order chi connectivity index (χ0) is 15.6. The molecule has 4 rings (SSSR count). The molecule has 0 saturated carbocycles. The molecule has 0 aliphatic carbocycles. The number of hydrogen-bond acceptors (Lipinski definition) is 5. The summed E-state index contributed by atoms with van der Waals surface area (Å²) in [5.74, 6) is 2.38.